The molecule has 2 unspecified atom stereocenters. The van der Waals surface area contributed by atoms with Gasteiger partial charge in [-0.3, -0.25) is 24.0 Å². The number of ether oxygens (including phenoxy) is 1. The van der Waals surface area contributed by atoms with Gasteiger partial charge in [-0.2, -0.15) is 5.10 Å². The van der Waals surface area contributed by atoms with Gasteiger partial charge < -0.3 is 20.3 Å². The quantitative estimate of drug-likeness (QED) is 0.525. The van der Waals surface area contributed by atoms with Gasteiger partial charge in [-0.1, -0.05) is 12.6 Å². The number of hydrogen-bond acceptors (Lipinski definition) is 7. The highest BCUT2D eigenvalue weighted by atomic mass is 19.3. The molecule has 1 aromatic carbocycles. The average Bonchev–Trinajstić information content (AvgIpc) is 3.44. The highest BCUT2D eigenvalue weighted by Gasteiger charge is 2.48. The third-order valence-electron chi connectivity index (χ3n) is 7.25. The monoisotopic (exact) mass is 570 g/mol. The predicted molar refractivity (Wildman–Crippen MR) is 143 cm³/mol. The Morgan fingerprint density at radius 3 is 2.66 bits per heavy atom. The number of nitrogens with zero attached hydrogens (tertiary/aromatic N) is 4. The molecule has 2 atom stereocenters. The molecule has 41 heavy (non-hydrogen) atoms. The van der Waals surface area contributed by atoms with Gasteiger partial charge in [0, 0.05) is 36.2 Å². The van der Waals surface area contributed by atoms with Crippen LogP contribution in [-0.4, -0.2) is 74.1 Å². The van der Waals surface area contributed by atoms with Crippen molar-refractivity contribution in [1.29, 1.82) is 0 Å². The van der Waals surface area contributed by atoms with Crippen molar-refractivity contribution in [1.82, 2.24) is 24.9 Å². The summed E-state index contributed by atoms with van der Waals surface area (Å²) in [5, 5.41) is 9.86. The van der Waals surface area contributed by atoms with Crippen LogP contribution in [0.1, 0.15) is 72.4 Å². The van der Waals surface area contributed by atoms with Crippen LogP contribution in [0.15, 0.2) is 42.9 Å². The van der Waals surface area contributed by atoms with E-state index in [9.17, 15) is 19.2 Å². The molecule has 1 aromatic heterocycles. The summed E-state index contributed by atoms with van der Waals surface area (Å²) in [4.78, 5) is 53.2. The van der Waals surface area contributed by atoms with Gasteiger partial charge in [-0.05, 0) is 52.2 Å². The molecule has 5 rings (SSSR count). The summed E-state index contributed by atoms with van der Waals surface area (Å²) >= 11 is 0. The van der Waals surface area contributed by atoms with Gasteiger partial charge in [0.1, 0.15) is 17.7 Å². The molecule has 2 saturated heterocycles. The Labute approximate surface area is 235 Å². The van der Waals surface area contributed by atoms with Gasteiger partial charge in [-0.25, -0.2) is 13.6 Å². The Bertz CT molecular complexity index is 1430. The van der Waals surface area contributed by atoms with Crippen LogP contribution in [0.2, 0.25) is 0 Å². The van der Waals surface area contributed by atoms with Gasteiger partial charge >= 0.3 is 6.09 Å². The number of halogens is 2. The summed E-state index contributed by atoms with van der Waals surface area (Å²) in [6.45, 7) is 8.22. The summed E-state index contributed by atoms with van der Waals surface area (Å²) in [5.74, 6) is -4.81. The van der Waals surface area contributed by atoms with Crippen molar-refractivity contribution in [3.8, 4) is 0 Å². The molecule has 0 radical (unpaired) electrons. The molecule has 3 aliphatic heterocycles. The number of aromatic nitrogens is 2. The summed E-state index contributed by atoms with van der Waals surface area (Å²) in [7, 11) is 0. The Balaban J connectivity index is 1.26. The van der Waals surface area contributed by atoms with E-state index in [-0.39, 0.29) is 30.6 Å². The van der Waals surface area contributed by atoms with Gasteiger partial charge in [0.05, 0.1) is 23.9 Å². The van der Waals surface area contributed by atoms with Crippen LogP contribution in [-0.2, 0) is 16.1 Å². The minimum absolute atomic E-state index is 0.0124. The largest absolute Gasteiger partial charge is 0.444 e. The normalized spacial score (nSPS) is 22.5. The number of imide groups is 1. The number of carbonyl (C=O) groups is 4. The number of nitrogens with one attached hydrogen (secondary N) is 2. The minimum Gasteiger partial charge on any atom is -0.444 e. The molecule has 0 aliphatic carbocycles. The average molecular weight is 571 g/mol. The fourth-order valence-electron chi connectivity index (χ4n) is 5.31. The molecule has 13 heteroatoms. The van der Waals surface area contributed by atoms with Crippen LogP contribution >= 0.6 is 0 Å². The number of piperidine rings is 2. The van der Waals surface area contributed by atoms with E-state index in [0.29, 0.717) is 29.8 Å². The van der Waals surface area contributed by atoms with Crippen molar-refractivity contribution in [2.75, 3.05) is 18.4 Å². The molecule has 4 amide bonds. The second kappa shape index (κ2) is 10.3. The van der Waals surface area contributed by atoms with E-state index < -0.39 is 54.0 Å². The molecule has 3 aliphatic rings. The lowest BCUT2D eigenvalue weighted by atomic mass is 10.0. The van der Waals surface area contributed by atoms with Crippen LogP contribution in [0.4, 0.5) is 19.3 Å². The number of alkyl halides is 2. The lowest BCUT2D eigenvalue weighted by Crippen LogP contribution is -2.52. The van der Waals surface area contributed by atoms with E-state index in [4.69, 9.17) is 4.74 Å². The molecule has 0 saturated carbocycles. The number of allylic oxidation sites excluding steroid dienone is 1. The molecule has 11 nitrogen and oxygen atoms in total. The number of anilines is 1. The van der Waals surface area contributed by atoms with Crippen molar-refractivity contribution < 1.29 is 32.7 Å². The number of amides is 4. The van der Waals surface area contributed by atoms with Crippen molar-refractivity contribution in [2.24, 2.45) is 0 Å². The number of likely N-dealkylation sites (tertiary alicyclic amines) is 1. The Morgan fingerprint density at radius 1 is 1.22 bits per heavy atom. The van der Waals surface area contributed by atoms with E-state index in [0.717, 1.165) is 9.80 Å². The predicted octanol–water partition coefficient (Wildman–Crippen LogP) is 3.70. The van der Waals surface area contributed by atoms with E-state index in [1.165, 1.54) is 23.1 Å². The minimum atomic E-state index is -3.24. The molecule has 218 valence electrons. The van der Waals surface area contributed by atoms with Gasteiger partial charge in [-0.15, -0.1) is 0 Å². The molecule has 0 bridgehead atoms. The highest BCUT2D eigenvalue weighted by Crippen LogP contribution is 2.37. The number of carbonyl (C=O) groups excluding carboxylic acids is 4. The zero-order chi connectivity index (χ0) is 29.7. The van der Waals surface area contributed by atoms with Crippen LogP contribution < -0.4 is 10.6 Å². The number of benzene rings is 1. The summed E-state index contributed by atoms with van der Waals surface area (Å²) in [6.07, 6.45) is 2.90. The zero-order valence-electron chi connectivity index (χ0n) is 23.1. The molecular formula is C28H32F2N6O5. The van der Waals surface area contributed by atoms with Crippen molar-refractivity contribution >= 4 is 29.5 Å². The first-order valence-corrected chi connectivity index (χ1v) is 13.4. The molecule has 2 N–H and O–H groups in total. The van der Waals surface area contributed by atoms with Crippen LogP contribution in [0.25, 0.3) is 0 Å². The maximum atomic E-state index is 15.1. The topological polar surface area (TPSA) is 126 Å². The zero-order valence-corrected chi connectivity index (χ0v) is 23.1. The molecule has 4 heterocycles. The summed E-state index contributed by atoms with van der Waals surface area (Å²) < 4.78 is 36.6. The molecule has 0 spiro atoms. The number of fused-ring (bicyclic) bond motifs is 1. The summed E-state index contributed by atoms with van der Waals surface area (Å²) in [5.41, 5.74) is 1.05. The van der Waals surface area contributed by atoms with E-state index in [1.54, 1.807) is 32.9 Å². The third kappa shape index (κ3) is 5.52. The fraction of sp³-hybridized carbons (Fsp3) is 0.464. The molecule has 2 aromatic rings. The van der Waals surface area contributed by atoms with E-state index >= 15 is 8.78 Å². The van der Waals surface area contributed by atoms with Crippen LogP contribution in [0.5, 0.6) is 0 Å². The SMILES string of the molecule is C=C1CCC(N2C(=O)c3cccc(NCc4cnn(C5CCN(C(=O)OC(C)(C)C)CC5(F)F)c4)c3C2=O)C(=O)N1. The van der Waals surface area contributed by atoms with Gasteiger partial charge in [0.15, 0.2) is 0 Å². The maximum Gasteiger partial charge on any atom is 0.410 e. The van der Waals surface area contributed by atoms with Crippen molar-refractivity contribution in [3.05, 3.63) is 59.6 Å². The highest BCUT2D eigenvalue weighted by molar-refractivity contribution is 6.25. The lowest BCUT2D eigenvalue weighted by Gasteiger charge is -2.38. The summed E-state index contributed by atoms with van der Waals surface area (Å²) in [6, 6.07) is 2.62. The van der Waals surface area contributed by atoms with Gasteiger partial charge in [0.25, 0.3) is 17.7 Å². The van der Waals surface area contributed by atoms with Crippen LogP contribution in [0, 0.1) is 0 Å². The first kappa shape index (κ1) is 28.2. The lowest BCUT2D eigenvalue weighted by molar-refractivity contribution is -0.125. The smallest absolute Gasteiger partial charge is 0.410 e. The standard InChI is InChI=1S/C28H32F2N6O5/c1-16-8-9-20(23(37)33-16)36-24(38)18-6-5-7-19(22(18)25(36)39)31-12-17-13-32-35(14-17)21-10-11-34(15-28(21,29)30)26(40)41-27(2,3)4/h5-7,13-14,20-21,31H,1,8-12,15H2,2-4H3,(H,33,37). The van der Waals surface area contributed by atoms with E-state index in [1.807, 2.05) is 0 Å². The van der Waals surface area contributed by atoms with Crippen molar-refractivity contribution in [2.45, 2.75) is 70.2 Å². The van der Waals surface area contributed by atoms with Crippen molar-refractivity contribution in [3.63, 3.8) is 0 Å². The first-order chi connectivity index (χ1) is 19.2. The number of hydrogen-bond donors (Lipinski definition) is 2. The van der Waals surface area contributed by atoms with Gasteiger partial charge in [0.2, 0.25) is 5.91 Å². The number of rotatable bonds is 5. The fourth-order valence-corrected chi connectivity index (χ4v) is 5.31. The Kier molecular flexibility index (Phi) is 7.08. The maximum absolute atomic E-state index is 15.1. The molecular weight excluding hydrogens is 538 g/mol. The second-order valence-electron chi connectivity index (χ2n) is 11.5. The Hall–Kier alpha value is -4.29. The third-order valence-corrected chi connectivity index (χ3v) is 7.25. The first-order valence-electron chi connectivity index (χ1n) is 13.4. The Morgan fingerprint density at radius 2 is 1.98 bits per heavy atom. The van der Waals surface area contributed by atoms with Crippen LogP contribution in [0.3, 0.4) is 0 Å². The molecule has 2 fully saturated rings. The second-order valence-corrected chi connectivity index (χ2v) is 11.5. The van der Waals surface area contributed by atoms with E-state index in [2.05, 4.69) is 22.3 Å².